The molecule has 0 radical (unpaired) electrons. The molecule has 0 spiro atoms. The predicted octanol–water partition coefficient (Wildman–Crippen LogP) is 2.37. The van der Waals surface area contributed by atoms with Crippen LogP contribution < -0.4 is 14.8 Å². The van der Waals surface area contributed by atoms with Gasteiger partial charge in [0, 0.05) is 11.8 Å². The van der Waals surface area contributed by atoms with E-state index in [1.807, 2.05) is 0 Å². The average Bonchev–Trinajstić information content (AvgIpc) is 2.63. The number of hydrogen-bond donors (Lipinski definition) is 1. The largest absolute Gasteiger partial charge is 0.454 e. The number of anilines is 1. The number of ether oxygens (including phenoxy) is 3. The highest BCUT2D eigenvalue weighted by Gasteiger charge is 2.14. The fourth-order valence-electron chi connectivity index (χ4n) is 1.34. The van der Waals surface area contributed by atoms with Crippen LogP contribution >= 0.6 is 0 Å². The SMILES string of the molecule is CC(C)OC(=O)Nc1ccc2c(c1)OCO2. The summed E-state index contributed by atoms with van der Waals surface area (Å²) in [5.41, 5.74) is 0.620. The quantitative estimate of drug-likeness (QED) is 0.836. The van der Waals surface area contributed by atoms with E-state index < -0.39 is 6.09 Å². The third-order valence-corrected chi connectivity index (χ3v) is 1.96. The lowest BCUT2D eigenvalue weighted by molar-refractivity contribution is 0.130. The van der Waals surface area contributed by atoms with Gasteiger partial charge in [0.25, 0.3) is 0 Å². The van der Waals surface area contributed by atoms with Crippen molar-refractivity contribution in [2.24, 2.45) is 0 Å². The second-order valence-electron chi connectivity index (χ2n) is 3.65. The van der Waals surface area contributed by atoms with Gasteiger partial charge in [-0.05, 0) is 26.0 Å². The molecule has 0 aromatic heterocycles. The second kappa shape index (κ2) is 4.30. The third-order valence-electron chi connectivity index (χ3n) is 1.96. The van der Waals surface area contributed by atoms with Gasteiger partial charge >= 0.3 is 6.09 Å². The Morgan fingerprint density at radius 1 is 1.38 bits per heavy atom. The van der Waals surface area contributed by atoms with Gasteiger partial charge < -0.3 is 14.2 Å². The third kappa shape index (κ3) is 2.36. The molecule has 1 aromatic rings. The molecule has 2 rings (SSSR count). The highest BCUT2D eigenvalue weighted by Crippen LogP contribution is 2.34. The Morgan fingerprint density at radius 3 is 2.88 bits per heavy atom. The van der Waals surface area contributed by atoms with Crippen LogP contribution in [0.25, 0.3) is 0 Å². The fourth-order valence-corrected chi connectivity index (χ4v) is 1.34. The summed E-state index contributed by atoms with van der Waals surface area (Å²) >= 11 is 0. The van der Waals surface area contributed by atoms with Crippen LogP contribution in [0, 0.1) is 0 Å². The molecule has 1 aliphatic rings. The molecule has 0 aliphatic carbocycles. The number of nitrogens with one attached hydrogen (secondary N) is 1. The van der Waals surface area contributed by atoms with E-state index in [9.17, 15) is 4.79 Å². The molecule has 0 fully saturated rings. The van der Waals surface area contributed by atoms with Gasteiger partial charge in [0.15, 0.2) is 11.5 Å². The Hall–Kier alpha value is -1.91. The van der Waals surface area contributed by atoms with Gasteiger partial charge in [0.1, 0.15) is 0 Å². The number of rotatable bonds is 2. The molecule has 1 aliphatic heterocycles. The van der Waals surface area contributed by atoms with Crippen LogP contribution in [-0.4, -0.2) is 19.0 Å². The van der Waals surface area contributed by atoms with E-state index in [2.05, 4.69) is 5.32 Å². The minimum Gasteiger partial charge on any atom is -0.454 e. The zero-order chi connectivity index (χ0) is 11.5. The van der Waals surface area contributed by atoms with Crippen LogP contribution in [0.5, 0.6) is 11.5 Å². The minimum atomic E-state index is -0.478. The maximum atomic E-state index is 11.3. The summed E-state index contributed by atoms with van der Waals surface area (Å²) in [6.45, 7) is 3.80. The Morgan fingerprint density at radius 2 is 2.12 bits per heavy atom. The lowest BCUT2D eigenvalue weighted by Crippen LogP contribution is -2.17. The Bertz CT molecular complexity index is 403. The minimum absolute atomic E-state index is 0.144. The molecule has 0 unspecified atom stereocenters. The van der Waals surface area contributed by atoms with Crippen molar-refractivity contribution < 1.29 is 19.0 Å². The first-order chi connectivity index (χ1) is 7.65. The van der Waals surface area contributed by atoms with E-state index in [-0.39, 0.29) is 12.9 Å². The summed E-state index contributed by atoms with van der Waals surface area (Å²) in [5.74, 6) is 1.31. The van der Waals surface area contributed by atoms with Crippen molar-refractivity contribution in [2.75, 3.05) is 12.1 Å². The van der Waals surface area contributed by atoms with Crippen LogP contribution in [0.4, 0.5) is 10.5 Å². The molecular weight excluding hydrogens is 210 g/mol. The molecule has 16 heavy (non-hydrogen) atoms. The van der Waals surface area contributed by atoms with E-state index in [4.69, 9.17) is 14.2 Å². The second-order valence-corrected chi connectivity index (χ2v) is 3.65. The zero-order valence-corrected chi connectivity index (χ0v) is 9.15. The molecule has 1 heterocycles. The first kappa shape index (κ1) is 10.6. The maximum absolute atomic E-state index is 11.3. The van der Waals surface area contributed by atoms with E-state index in [0.29, 0.717) is 17.2 Å². The number of amides is 1. The first-order valence-corrected chi connectivity index (χ1v) is 5.02. The van der Waals surface area contributed by atoms with Gasteiger partial charge in [-0.15, -0.1) is 0 Å². The monoisotopic (exact) mass is 223 g/mol. The van der Waals surface area contributed by atoms with E-state index in [0.717, 1.165) is 0 Å². The molecular formula is C11H13NO4. The van der Waals surface area contributed by atoms with Crippen molar-refractivity contribution in [3.63, 3.8) is 0 Å². The molecule has 86 valence electrons. The fraction of sp³-hybridized carbons (Fsp3) is 0.364. The van der Waals surface area contributed by atoms with Gasteiger partial charge in [-0.3, -0.25) is 5.32 Å². The molecule has 1 N–H and O–H groups in total. The van der Waals surface area contributed by atoms with Gasteiger partial charge in [0.05, 0.1) is 6.10 Å². The van der Waals surface area contributed by atoms with Gasteiger partial charge in [-0.2, -0.15) is 0 Å². The van der Waals surface area contributed by atoms with Gasteiger partial charge in [-0.25, -0.2) is 4.79 Å². The van der Waals surface area contributed by atoms with E-state index in [1.54, 1.807) is 32.0 Å². The Labute approximate surface area is 93.3 Å². The normalized spacial score (nSPS) is 12.7. The highest BCUT2D eigenvalue weighted by atomic mass is 16.7. The summed E-state index contributed by atoms with van der Waals surface area (Å²) in [6, 6.07) is 5.17. The topological polar surface area (TPSA) is 56.8 Å². The summed E-state index contributed by atoms with van der Waals surface area (Å²) in [4.78, 5) is 11.3. The molecule has 1 aromatic carbocycles. The predicted molar refractivity (Wildman–Crippen MR) is 57.8 cm³/mol. The smallest absolute Gasteiger partial charge is 0.411 e. The summed E-state index contributed by atoms with van der Waals surface area (Å²) in [6.07, 6.45) is -0.622. The van der Waals surface area contributed by atoms with Crippen molar-refractivity contribution in [3.8, 4) is 11.5 Å². The van der Waals surface area contributed by atoms with Gasteiger partial charge in [0.2, 0.25) is 6.79 Å². The number of hydrogen-bond acceptors (Lipinski definition) is 4. The molecule has 1 amide bonds. The lowest BCUT2D eigenvalue weighted by Gasteiger charge is -2.09. The average molecular weight is 223 g/mol. The van der Waals surface area contributed by atoms with Crippen molar-refractivity contribution >= 4 is 11.8 Å². The maximum Gasteiger partial charge on any atom is 0.411 e. The summed E-state index contributed by atoms with van der Waals surface area (Å²) in [7, 11) is 0. The van der Waals surface area contributed by atoms with Crippen LogP contribution in [-0.2, 0) is 4.74 Å². The van der Waals surface area contributed by atoms with Gasteiger partial charge in [-0.1, -0.05) is 0 Å². The standard InChI is InChI=1S/C11H13NO4/c1-7(2)16-11(13)12-8-3-4-9-10(5-8)15-6-14-9/h3-5,7H,6H2,1-2H3,(H,12,13). The van der Waals surface area contributed by atoms with Crippen LogP contribution in [0.2, 0.25) is 0 Å². The summed E-state index contributed by atoms with van der Waals surface area (Å²) < 4.78 is 15.3. The lowest BCUT2D eigenvalue weighted by atomic mass is 10.3. The molecule has 0 saturated carbocycles. The van der Waals surface area contributed by atoms with Crippen molar-refractivity contribution in [3.05, 3.63) is 18.2 Å². The Balaban J connectivity index is 2.02. The highest BCUT2D eigenvalue weighted by molar-refractivity contribution is 5.85. The Kier molecular flexibility index (Phi) is 2.85. The zero-order valence-electron chi connectivity index (χ0n) is 9.15. The van der Waals surface area contributed by atoms with Crippen molar-refractivity contribution in [1.29, 1.82) is 0 Å². The molecule has 0 bridgehead atoms. The van der Waals surface area contributed by atoms with Crippen LogP contribution in [0.1, 0.15) is 13.8 Å². The molecule has 0 saturated heterocycles. The summed E-state index contributed by atoms with van der Waals surface area (Å²) in [5, 5.41) is 2.61. The van der Waals surface area contributed by atoms with Crippen LogP contribution in [0.3, 0.4) is 0 Å². The molecule has 5 heteroatoms. The van der Waals surface area contributed by atoms with Crippen molar-refractivity contribution in [1.82, 2.24) is 0 Å². The number of benzene rings is 1. The molecule has 5 nitrogen and oxygen atoms in total. The number of carbonyl (C=O) groups excluding carboxylic acids is 1. The van der Waals surface area contributed by atoms with Crippen molar-refractivity contribution in [2.45, 2.75) is 20.0 Å². The number of carbonyl (C=O) groups is 1. The van der Waals surface area contributed by atoms with E-state index >= 15 is 0 Å². The molecule has 0 atom stereocenters. The number of fused-ring (bicyclic) bond motifs is 1. The van der Waals surface area contributed by atoms with Crippen LogP contribution in [0.15, 0.2) is 18.2 Å². The van der Waals surface area contributed by atoms with E-state index in [1.165, 1.54) is 0 Å². The first-order valence-electron chi connectivity index (χ1n) is 5.02.